The number of benzene rings is 1. The Morgan fingerprint density at radius 1 is 1.29 bits per heavy atom. The predicted octanol–water partition coefficient (Wildman–Crippen LogP) is 1.61. The van der Waals surface area contributed by atoms with Crippen molar-refractivity contribution in [2.75, 3.05) is 27.7 Å². The molecule has 0 amide bonds. The number of hydrogen-bond donors (Lipinski definition) is 1. The summed E-state index contributed by atoms with van der Waals surface area (Å²) in [7, 11) is 6.05. The molecule has 1 N–H and O–H groups in total. The van der Waals surface area contributed by atoms with Crippen LogP contribution in [0.4, 0.5) is 0 Å². The first-order valence-electron chi connectivity index (χ1n) is 5.61. The van der Waals surface area contributed by atoms with Gasteiger partial charge in [0.15, 0.2) is 6.10 Å². The Bertz CT molecular complexity index is 357. The Balaban J connectivity index is 2.67. The number of rotatable bonds is 6. The molecular formula is C13H20NO3+. The lowest BCUT2D eigenvalue weighted by Crippen LogP contribution is -2.44. The molecule has 1 rings (SSSR count). The molecule has 0 aliphatic carbocycles. The molecule has 0 unspecified atom stereocenters. The van der Waals surface area contributed by atoms with E-state index in [0.717, 1.165) is 0 Å². The fourth-order valence-corrected chi connectivity index (χ4v) is 1.64. The molecule has 4 heteroatoms. The first-order chi connectivity index (χ1) is 7.87. The second-order valence-corrected chi connectivity index (χ2v) is 5.12. The van der Waals surface area contributed by atoms with Gasteiger partial charge in [0.2, 0.25) is 0 Å². The van der Waals surface area contributed by atoms with E-state index in [2.05, 4.69) is 0 Å². The normalized spacial score (nSPS) is 13.1. The third-order valence-corrected chi connectivity index (χ3v) is 2.20. The van der Waals surface area contributed by atoms with Crippen molar-refractivity contribution in [1.29, 1.82) is 0 Å². The van der Waals surface area contributed by atoms with Crippen LogP contribution in [0.5, 0.6) is 5.75 Å². The van der Waals surface area contributed by atoms with Crippen LogP contribution in [-0.2, 0) is 4.79 Å². The third-order valence-electron chi connectivity index (χ3n) is 2.20. The second kappa shape index (κ2) is 5.68. The molecule has 1 aromatic carbocycles. The molecule has 1 atom stereocenters. The number of likely N-dealkylation sites (N-methyl/N-ethyl adjacent to an activating group) is 1. The molecular weight excluding hydrogens is 218 g/mol. The van der Waals surface area contributed by atoms with Gasteiger partial charge in [-0.3, -0.25) is 4.79 Å². The largest absolute Gasteiger partial charge is 0.484 e. The molecule has 0 fully saturated rings. The van der Waals surface area contributed by atoms with Crippen molar-refractivity contribution in [3.05, 3.63) is 30.3 Å². The number of nitrogens with zero attached hydrogens (tertiary/aromatic N) is 1. The maximum atomic E-state index is 10.8. The van der Waals surface area contributed by atoms with Gasteiger partial charge in [0.25, 0.3) is 0 Å². The number of carboxylic acids is 1. The monoisotopic (exact) mass is 238 g/mol. The summed E-state index contributed by atoms with van der Waals surface area (Å²) in [6.45, 7) is 0.654. The zero-order valence-corrected chi connectivity index (χ0v) is 10.6. The highest BCUT2D eigenvalue weighted by molar-refractivity contribution is 5.67. The number of ether oxygens (including phenoxy) is 1. The molecule has 0 heterocycles. The average molecular weight is 238 g/mol. The van der Waals surface area contributed by atoms with Gasteiger partial charge in [-0.1, -0.05) is 18.2 Å². The van der Waals surface area contributed by atoms with Gasteiger partial charge < -0.3 is 14.3 Å². The summed E-state index contributed by atoms with van der Waals surface area (Å²) in [4.78, 5) is 10.8. The van der Waals surface area contributed by atoms with E-state index in [1.807, 2.05) is 51.5 Å². The molecule has 0 saturated carbocycles. The van der Waals surface area contributed by atoms with Gasteiger partial charge in [-0.2, -0.15) is 0 Å². The summed E-state index contributed by atoms with van der Waals surface area (Å²) in [5, 5.41) is 8.87. The highest BCUT2D eigenvalue weighted by Crippen LogP contribution is 2.14. The van der Waals surface area contributed by atoms with Crippen molar-refractivity contribution in [2.24, 2.45) is 0 Å². The van der Waals surface area contributed by atoms with Crippen LogP contribution in [0.15, 0.2) is 30.3 Å². The van der Waals surface area contributed by atoms with E-state index in [1.54, 1.807) is 0 Å². The summed E-state index contributed by atoms with van der Waals surface area (Å²) in [6, 6.07) is 9.33. The Hall–Kier alpha value is -1.55. The molecule has 0 aliphatic heterocycles. The van der Waals surface area contributed by atoms with Gasteiger partial charge in [0, 0.05) is 0 Å². The Labute approximate surface area is 102 Å². The van der Waals surface area contributed by atoms with E-state index in [4.69, 9.17) is 9.84 Å². The lowest BCUT2D eigenvalue weighted by Gasteiger charge is -2.28. The van der Waals surface area contributed by atoms with E-state index in [-0.39, 0.29) is 12.5 Å². The number of hydrogen-bond acceptors (Lipinski definition) is 2. The van der Waals surface area contributed by atoms with Crippen LogP contribution < -0.4 is 4.74 Å². The van der Waals surface area contributed by atoms with Gasteiger partial charge in [-0.15, -0.1) is 0 Å². The molecule has 0 saturated heterocycles. The molecule has 17 heavy (non-hydrogen) atoms. The van der Waals surface area contributed by atoms with Crippen LogP contribution in [0.25, 0.3) is 0 Å². The summed E-state index contributed by atoms with van der Waals surface area (Å²) in [5.41, 5.74) is 0. The molecule has 4 nitrogen and oxygen atoms in total. The third kappa shape index (κ3) is 5.92. The lowest BCUT2D eigenvalue weighted by atomic mass is 10.2. The lowest BCUT2D eigenvalue weighted by molar-refractivity contribution is -0.873. The summed E-state index contributed by atoms with van der Waals surface area (Å²) in [6.07, 6.45) is -0.292. The van der Waals surface area contributed by atoms with Crippen molar-refractivity contribution in [2.45, 2.75) is 12.5 Å². The molecule has 0 bridgehead atoms. The minimum atomic E-state index is -0.834. The molecule has 0 aliphatic rings. The van der Waals surface area contributed by atoms with Gasteiger partial charge in [-0.05, 0) is 12.1 Å². The van der Waals surface area contributed by atoms with E-state index < -0.39 is 5.97 Å². The first-order valence-corrected chi connectivity index (χ1v) is 5.61. The van der Waals surface area contributed by atoms with Gasteiger partial charge in [0.1, 0.15) is 12.3 Å². The maximum Gasteiger partial charge on any atom is 0.307 e. The van der Waals surface area contributed by atoms with Gasteiger partial charge in [0.05, 0.1) is 27.6 Å². The minimum absolute atomic E-state index is 0.0183. The van der Waals surface area contributed by atoms with Crippen LogP contribution in [0, 0.1) is 0 Å². The molecule has 0 aromatic heterocycles. The van der Waals surface area contributed by atoms with Crippen LogP contribution in [0.1, 0.15) is 6.42 Å². The number of carbonyl (C=O) groups is 1. The fraction of sp³-hybridized carbons (Fsp3) is 0.462. The van der Waals surface area contributed by atoms with Crippen LogP contribution in [0.2, 0.25) is 0 Å². The minimum Gasteiger partial charge on any atom is -0.484 e. The van der Waals surface area contributed by atoms with Gasteiger partial charge in [-0.25, -0.2) is 0 Å². The molecule has 0 radical (unpaired) electrons. The van der Waals surface area contributed by atoms with Crippen molar-refractivity contribution in [3.8, 4) is 5.75 Å². The highest BCUT2D eigenvalue weighted by atomic mass is 16.5. The molecule has 1 aromatic rings. The summed E-state index contributed by atoms with van der Waals surface area (Å²) >= 11 is 0. The molecule has 94 valence electrons. The summed E-state index contributed by atoms with van der Waals surface area (Å²) in [5.74, 6) is -0.119. The zero-order chi connectivity index (χ0) is 12.9. The maximum absolute atomic E-state index is 10.8. The van der Waals surface area contributed by atoms with Crippen molar-refractivity contribution < 1.29 is 19.1 Å². The van der Waals surface area contributed by atoms with Gasteiger partial charge >= 0.3 is 5.97 Å². The van der Waals surface area contributed by atoms with Crippen molar-refractivity contribution in [1.82, 2.24) is 0 Å². The average Bonchev–Trinajstić information content (AvgIpc) is 2.15. The number of para-hydroxylation sites is 1. The quantitative estimate of drug-likeness (QED) is 0.766. The van der Waals surface area contributed by atoms with E-state index in [0.29, 0.717) is 16.8 Å². The topological polar surface area (TPSA) is 46.5 Å². The number of aliphatic carboxylic acids is 1. The van der Waals surface area contributed by atoms with Crippen molar-refractivity contribution in [3.63, 3.8) is 0 Å². The Kier molecular flexibility index (Phi) is 4.52. The van der Waals surface area contributed by atoms with Crippen molar-refractivity contribution >= 4 is 5.97 Å². The molecule has 0 spiro atoms. The Morgan fingerprint density at radius 2 is 1.88 bits per heavy atom. The van der Waals surface area contributed by atoms with Crippen LogP contribution in [-0.4, -0.2) is 49.4 Å². The fourth-order valence-electron chi connectivity index (χ4n) is 1.64. The SMILES string of the molecule is C[N+](C)(C)C[C@@H](CC(=O)O)Oc1ccccc1. The smallest absolute Gasteiger partial charge is 0.307 e. The second-order valence-electron chi connectivity index (χ2n) is 5.12. The Morgan fingerprint density at radius 3 is 2.35 bits per heavy atom. The first kappa shape index (κ1) is 13.5. The zero-order valence-electron chi connectivity index (χ0n) is 10.6. The summed E-state index contributed by atoms with van der Waals surface area (Å²) < 4.78 is 6.38. The predicted molar refractivity (Wildman–Crippen MR) is 66.0 cm³/mol. The van der Waals surface area contributed by atoms with E-state index >= 15 is 0 Å². The number of carboxylic acid groups (broad SMARTS) is 1. The van der Waals surface area contributed by atoms with Crippen LogP contribution >= 0.6 is 0 Å². The van der Waals surface area contributed by atoms with Crippen LogP contribution in [0.3, 0.4) is 0 Å². The van der Waals surface area contributed by atoms with E-state index in [1.165, 1.54) is 0 Å². The highest BCUT2D eigenvalue weighted by Gasteiger charge is 2.22. The van der Waals surface area contributed by atoms with E-state index in [9.17, 15) is 4.79 Å². The standard InChI is InChI=1S/C13H19NO3/c1-14(2,3)10-12(9-13(15)16)17-11-7-5-4-6-8-11/h4-8,12H,9-10H2,1-3H3/p+1/t12-/m1/s1. The number of quaternary nitrogens is 1.